The van der Waals surface area contributed by atoms with Crippen molar-refractivity contribution < 1.29 is 9.84 Å². The minimum absolute atomic E-state index is 0.127. The first kappa shape index (κ1) is 9.00. The molecule has 12 heavy (non-hydrogen) atoms. The second kappa shape index (κ2) is 3.54. The van der Waals surface area contributed by atoms with Crippen molar-refractivity contribution >= 4 is 0 Å². The van der Waals surface area contributed by atoms with Crippen LogP contribution in [0.15, 0.2) is 12.1 Å². The van der Waals surface area contributed by atoms with Crippen LogP contribution < -0.4 is 4.73 Å². The monoisotopic (exact) mass is 167 g/mol. The molecule has 1 aromatic rings. The average molecular weight is 167 g/mol. The fourth-order valence-corrected chi connectivity index (χ4v) is 1.25. The Morgan fingerprint density at radius 3 is 2.25 bits per heavy atom. The summed E-state index contributed by atoms with van der Waals surface area (Å²) in [6.07, 6.45) is 0.614. The van der Waals surface area contributed by atoms with Gasteiger partial charge < -0.3 is 10.3 Å². The summed E-state index contributed by atoms with van der Waals surface area (Å²) < 4.78 is 0.890. The van der Waals surface area contributed by atoms with Gasteiger partial charge in [0.1, 0.15) is 0 Å². The third-order valence-corrected chi connectivity index (χ3v) is 1.83. The van der Waals surface area contributed by atoms with E-state index < -0.39 is 0 Å². The second-order valence-corrected chi connectivity index (χ2v) is 2.91. The quantitative estimate of drug-likeness (QED) is 0.514. The zero-order valence-corrected chi connectivity index (χ0v) is 7.37. The summed E-state index contributed by atoms with van der Waals surface area (Å²) >= 11 is 0. The number of hydrogen-bond donors (Lipinski definition) is 1. The number of pyridine rings is 1. The fraction of sp³-hybridized carbons (Fsp3) is 0.444. The Kier molecular flexibility index (Phi) is 2.65. The first-order chi connectivity index (χ1) is 5.65. The Balaban J connectivity index is 3.04. The molecule has 0 aliphatic heterocycles. The number of aromatic nitrogens is 1. The van der Waals surface area contributed by atoms with Crippen molar-refractivity contribution in [2.45, 2.75) is 20.3 Å². The molecule has 3 heteroatoms. The zero-order chi connectivity index (χ0) is 9.14. The van der Waals surface area contributed by atoms with E-state index in [2.05, 4.69) is 0 Å². The molecule has 0 radical (unpaired) electrons. The van der Waals surface area contributed by atoms with Gasteiger partial charge in [0.15, 0.2) is 11.4 Å². The van der Waals surface area contributed by atoms with Crippen molar-refractivity contribution in [2.75, 3.05) is 6.61 Å². The molecule has 1 aromatic heterocycles. The van der Waals surface area contributed by atoms with E-state index in [1.165, 1.54) is 0 Å². The minimum Gasteiger partial charge on any atom is -0.618 e. The second-order valence-electron chi connectivity index (χ2n) is 2.91. The SMILES string of the molecule is Cc1cc(CCO)cc(C)[n+]1[O-]. The third kappa shape index (κ3) is 1.74. The Bertz CT molecular complexity index is 261. The molecule has 66 valence electrons. The van der Waals surface area contributed by atoms with Crippen LogP contribution in [0.1, 0.15) is 17.0 Å². The van der Waals surface area contributed by atoms with E-state index >= 15 is 0 Å². The van der Waals surface area contributed by atoms with E-state index in [1.54, 1.807) is 26.0 Å². The molecule has 3 nitrogen and oxygen atoms in total. The summed E-state index contributed by atoms with van der Waals surface area (Å²) in [7, 11) is 0. The van der Waals surface area contributed by atoms with Crippen LogP contribution in [0.2, 0.25) is 0 Å². The lowest BCUT2D eigenvalue weighted by molar-refractivity contribution is -0.619. The van der Waals surface area contributed by atoms with Crippen LogP contribution in [0.4, 0.5) is 0 Å². The van der Waals surface area contributed by atoms with Crippen LogP contribution in [0.25, 0.3) is 0 Å². The van der Waals surface area contributed by atoms with Gasteiger partial charge in [-0.1, -0.05) is 0 Å². The molecule has 0 spiro atoms. The van der Waals surface area contributed by atoms with Crippen LogP contribution in [-0.4, -0.2) is 11.7 Å². The smallest absolute Gasteiger partial charge is 0.190 e. The Labute approximate surface area is 71.9 Å². The standard InChI is InChI=1S/C9H13NO2/c1-7-5-9(3-4-11)6-8(2)10(7)12/h5-6,11H,3-4H2,1-2H3. The summed E-state index contributed by atoms with van der Waals surface area (Å²) in [6.45, 7) is 3.66. The maximum absolute atomic E-state index is 11.2. The highest BCUT2D eigenvalue weighted by Crippen LogP contribution is 2.03. The molecule has 0 aliphatic carbocycles. The van der Waals surface area contributed by atoms with Gasteiger partial charge in [0.05, 0.1) is 0 Å². The number of hydrogen-bond acceptors (Lipinski definition) is 2. The predicted octanol–water partition coefficient (Wildman–Crippen LogP) is 0.472. The number of aliphatic hydroxyl groups excluding tert-OH is 1. The maximum Gasteiger partial charge on any atom is 0.190 e. The van der Waals surface area contributed by atoms with Crippen LogP contribution in [-0.2, 0) is 6.42 Å². The van der Waals surface area contributed by atoms with Gasteiger partial charge in [-0.15, -0.1) is 0 Å². The van der Waals surface area contributed by atoms with Crippen LogP contribution in [0.5, 0.6) is 0 Å². The van der Waals surface area contributed by atoms with E-state index in [1.807, 2.05) is 0 Å². The molecule has 0 saturated heterocycles. The number of nitrogens with zero attached hydrogens (tertiary/aromatic N) is 1. The van der Waals surface area contributed by atoms with E-state index in [0.717, 1.165) is 10.3 Å². The summed E-state index contributed by atoms with van der Waals surface area (Å²) in [4.78, 5) is 0. The van der Waals surface area contributed by atoms with E-state index in [9.17, 15) is 5.21 Å². The van der Waals surface area contributed by atoms with Crippen molar-refractivity contribution in [2.24, 2.45) is 0 Å². The molecule has 0 aliphatic rings. The molecule has 1 N–H and O–H groups in total. The van der Waals surface area contributed by atoms with Gasteiger partial charge in [0, 0.05) is 32.6 Å². The van der Waals surface area contributed by atoms with Gasteiger partial charge >= 0.3 is 0 Å². The largest absolute Gasteiger partial charge is 0.618 e. The molecule has 0 aromatic carbocycles. The highest BCUT2D eigenvalue weighted by Gasteiger charge is 2.05. The molecular formula is C9H13NO2. The summed E-state index contributed by atoms with van der Waals surface area (Å²) in [5.41, 5.74) is 2.37. The van der Waals surface area contributed by atoms with Gasteiger partial charge in [-0.2, -0.15) is 4.73 Å². The maximum atomic E-state index is 11.2. The summed E-state index contributed by atoms with van der Waals surface area (Å²) in [5.74, 6) is 0. The van der Waals surface area contributed by atoms with E-state index in [4.69, 9.17) is 5.11 Å². The van der Waals surface area contributed by atoms with Gasteiger partial charge in [-0.3, -0.25) is 0 Å². The highest BCUT2D eigenvalue weighted by molar-refractivity contribution is 5.16. The van der Waals surface area contributed by atoms with Crippen LogP contribution >= 0.6 is 0 Å². The lowest BCUT2D eigenvalue weighted by atomic mass is 10.1. The highest BCUT2D eigenvalue weighted by atomic mass is 16.5. The Hall–Kier alpha value is -1.09. The minimum atomic E-state index is 0.127. The first-order valence-electron chi connectivity index (χ1n) is 3.95. The molecule has 0 unspecified atom stereocenters. The fourth-order valence-electron chi connectivity index (χ4n) is 1.25. The summed E-state index contributed by atoms with van der Waals surface area (Å²) in [6, 6.07) is 3.60. The molecule has 1 rings (SSSR count). The van der Waals surface area contributed by atoms with Crippen molar-refractivity contribution in [3.63, 3.8) is 0 Å². The van der Waals surface area contributed by atoms with Gasteiger partial charge in [0.2, 0.25) is 0 Å². The normalized spacial score (nSPS) is 10.2. The molecule has 0 bridgehead atoms. The number of rotatable bonds is 2. The first-order valence-corrected chi connectivity index (χ1v) is 3.95. The van der Waals surface area contributed by atoms with Crippen molar-refractivity contribution in [1.29, 1.82) is 0 Å². The summed E-state index contributed by atoms with van der Waals surface area (Å²) in [5, 5.41) is 19.9. The topological polar surface area (TPSA) is 47.2 Å². The lowest BCUT2D eigenvalue weighted by Gasteiger charge is -2.05. The lowest BCUT2D eigenvalue weighted by Crippen LogP contribution is -2.33. The zero-order valence-electron chi connectivity index (χ0n) is 7.37. The van der Waals surface area contributed by atoms with Crippen molar-refractivity contribution in [1.82, 2.24) is 0 Å². The third-order valence-electron chi connectivity index (χ3n) is 1.83. The van der Waals surface area contributed by atoms with Crippen LogP contribution in [0.3, 0.4) is 0 Å². The molecule has 0 amide bonds. The number of aliphatic hydroxyl groups is 1. The van der Waals surface area contributed by atoms with Crippen LogP contribution in [0, 0.1) is 19.1 Å². The molecule has 0 saturated carbocycles. The van der Waals surface area contributed by atoms with Gasteiger partial charge in [-0.25, -0.2) is 0 Å². The molecule has 0 atom stereocenters. The molecule has 0 fully saturated rings. The Morgan fingerprint density at radius 1 is 1.33 bits per heavy atom. The number of aryl methyl sites for hydroxylation is 2. The average Bonchev–Trinajstić information content (AvgIpc) is 2.01. The van der Waals surface area contributed by atoms with E-state index in [-0.39, 0.29) is 6.61 Å². The van der Waals surface area contributed by atoms with Gasteiger partial charge in [0.25, 0.3) is 0 Å². The molecular weight excluding hydrogens is 154 g/mol. The van der Waals surface area contributed by atoms with E-state index in [0.29, 0.717) is 17.8 Å². The van der Waals surface area contributed by atoms with Gasteiger partial charge in [-0.05, 0) is 12.0 Å². The predicted molar refractivity (Wildman–Crippen MR) is 45.7 cm³/mol. The molecule has 1 heterocycles. The van der Waals surface area contributed by atoms with Crippen molar-refractivity contribution in [3.8, 4) is 0 Å². The van der Waals surface area contributed by atoms with Crippen molar-refractivity contribution in [3.05, 3.63) is 34.3 Å². The Morgan fingerprint density at radius 2 is 1.83 bits per heavy atom.